The Labute approximate surface area is 71.6 Å². The Balaban J connectivity index is 2.87. The van der Waals surface area contributed by atoms with Crippen LogP contribution in [-0.4, -0.2) is 9.97 Å². The number of hydrogen-bond acceptors (Lipinski definition) is 1. The maximum absolute atomic E-state index is 4.50. The molecule has 0 aliphatic rings. The molecular formula is C10H12N2. The minimum Gasteiger partial charge on any atom is -0.360 e. The van der Waals surface area contributed by atoms with Gasteiger partial charge in [-0.25, -0.2) is 0 Å². The Kier molecular flexibility index (Phi) is 1.43. The fourth-order valence-electron chi connectivity index (χ4n) is 1.37. The van der Waals surface area contributed by atoms with Gasteiger partial charge in [0.05, 0.1) is 11.0 Å². The first-order valence-electron chi connectivity index (χ1n) is 4.10. The van der Waals surface area contributed by atoms with Gasteiger partial charge in [0.1, 0.15) is 0 Å². The monoisotopic (exact) mass is 160 g/mol. The molecule has 0 saturated carbocycles. The first-order chi connectivity index (χ1) is 5.68. The van der Waals surface area contributed by atoms with Crippen molar-refractivity contribution in [2.75, 3.05) is 0 Å². The van der Waals surface area contributed by atoms with Crippen molar-refractivity contribution in [2.45, 2.75) is 20.8 Å². The molecule has 0 saturated heterocycles. The third-order valence-electron chi connectivity index (χ3n) is 2.28. The third kappa shape index (κ3) is 0.916. The molecule has 0 radical (unpaired) electrons. The molecule has 12 heavy (non-hydrogen) atoms. The Morgan fingerprint density at radius 3 is 2.67 bits per heavy atom. The van der Waals surface area contributed by atoms with Gasteiger partial charge in [0.25, 0.3) is 0 Å². The van der Waals surface area contributed by atoms with Crippen LogP contribution in [0.2, 0.25) is 0 Å². The number of hydrogen-bond donors (Lipinski definition) is 1. The number of nitrogens with one attached hydrogen (secondary N) is 1. The zero-order chi connectivity index (χ0) is 8.72. The van der Waals surface area contributed by atoms with Crippen LogP contribution in [-0.2, 0) is 0 Å². The third-order valence-corrected chi connectivity index (χ3v) is 2.28. The van der Waals surface area contributed by atoms with E-state index in [9.17, 15) is 0 Å². The summed E-state index contributed by atoms with van der Waals surface area (Å²) in [6.45, 7) is 6.19. The Bertz CT molecular complexity index is 427. The zero-order valence-corrected chi connectivity index (χ0v) is 7.60. The van der Waals surface area contributed by atoms with E-state index >= 15 is 0 Å². The first kappa shape index (κ1) is 7.35. The lowest BCUT2D eigenvalue weighted by Crippen LogP contribution is -1.86. The summed E-state index contributed by atoms with van der Waals surface area (Å²) in [5, 5.41) is 0. The van der Waals surface area contributed by atoms with E-state index in [0.29, 0.717) is 0 Å². The average Bonchev–Trinajstić information content (AvgIpc) is 2.35. The molecule has 2 aromatic heterocycles. The second-order valence-corrected chi connectivity index (χ2v) is 3.26. The van der Waals surface area contributed by atoms with Gasteiger partial charge in [-0.15, -0.1) is 0 Å². The highest BCUT2D eigenvalue weighted by Gasteiger charge is 2.02. The number of fused-ring (bicyclic) bond motifs is 1. The number of aromatic amines is 1. The van der Waals surface area contributed by atoms with Gasteiger partial charge in [0.15, 0.2) is 0 Å². The van der Waals surface area contributed by atoms with Crippen LogP contribution in [0.25, 0.3) is 11.0 Å². The number of pyridine rings is 1. The molecule has 0 atom stereocenters. The molecule has 2 aromatic rings. The molecule has 0 fully saturated rings. The van der Waals surface area contributed by atoms with Crippen LogP contribution in [0.5, 0.6) is 0 Å². The second-order valence-electron chi connectivity index (χ2n) is 3.26. The summed E-state index contributed by atoms with van der Waals surface area (Å²) >= 11 is 0. The summed E-state index contributed by atoms with van der Waals surface area (Å²) in [5.74, 6) is 0. The van der Waals surface area contributed by atoms with Crippen LogP contribution >= 0.6 is 0 Å². The standard InChI is InChI=1S/C10H12N2/c1-6-4-9-10(12-8(6)3)7(2)5-11-9/h4-5,11H,1-3H3. The highest BCUT2D eigenvalue weighted by molar-refractivity contribution is 5.79. The van der Waals surface area contributed by atoms with Crippen LogP contribution in [0, 0.1) is 20.8 Å². The number of rotatable bonds is 0. The molecule has 0 bridgehead atoms. The number of H-pyrrole nitrogens is 1. The Morgan fingerprint density at radius 1 is 1.17 bits per heavy atom. The van der Waals surface area contributed by atoms with Crippen LogP contribution in [0.15, 0.2) is 12.3 Å². The fraction of sp³-hybridized carbons (Fsp3) is 0.300. The maximum atomic E-state index is 4.50. The fourth-order valence-corrected chi connectivity index (χ4v) is 1.37. The molecule has 0 aromatic carbocycles. The first-order valence-corrected chi connectivity index (χ1v) is 4.10. The molecular weight excluding hydrogens is 148 g/mol. The molecule has 1 N–H and O–H groups in total. The maximum Gasteiger partial charge on any atom is 0.0911 e. The van der Waals surface area contributed by atoms with Gasteiger partial charge in [-0.2, -0.15) is 0 Å². The molecule has 62 valence electrons. The molecule has 0 spiro atoms. The highest BCUT2D eigenvalue weighted by Crippen LogP contribution is 2.17. The molecule has 0 unspecified atom stereocenters. The van der Waals surface area contributed by atoms with Crippen LogP contribution in [0.1, 0.15) is 16.8 Å². The number of nitrogens with zero attached hydrogens (tertiary/aromatic N) is 1. The predicted octanol–water partition coefficient (Wildman–Crippen LogP) is 2.49. The summed E-state index contributed by atoms with van der Waals surface area (Å²) in [6, 6.07) is 2.14. The van der Waals surface area contributed by atoms with Gasteiger partial charge >= 0.3 is 0 Å². The Hall–Kier alpha value is -1.31. The van der Waals surface area contributed by atoms with Crippen molar-refractivity contribution >= 4 is 11.0 Å². The van der Waals surface area contributed by atoms with Crippen LogP contribution < -0.4 is 0 Å². The number of aryl methyl sites for hydroxylation is 3. The van der Waals surface area contributed by atoms with E-state index < -0.39 is 0 Å². The predicted molar refractivity (Wildman–Crippen MR) is 50.3 cm³/mol. The molecule has 2 nitrogen and oxygen atoms in total. The van der Waals surface area contributed by atoms with E-state index in [1.807, 2.05) is 13.1 Å². The van der Waals surface area contributed by atoms with E-state index in [4.69, 9.17) is 0 Å². The lowest BCUT2D eigenvalue weighted by Gasteiger charge is -1.98. The average molecular weight is 160 g/mol. The highest BCUT2D eigenvalue weighted by atomic mass is 14.8. The van der Waals surface area contributed by atoms with Crippen molar-refractivity contribution in [1.82, 2.24) is 9.97 Å². The second kappa shape index (κ2) is 2.34. The number of aromatic nitrogens is 2. The van der Waals surface area contributed by atoms with Crippen molar-refractivity contribution in [3.63, 3.8) is 0 Å². The van der Waals surface area contributed by atoms with Gasteiger partial charge < -0.3 is 4.98 Å². The van der Waals surface area contributed by atoms with E-state index in [-0.39, 0.29) is 0 Å². The van der Waals surface area contributed by atoms with E-state index in [0.717, 1.165) is 16.7 Å². The molecule has 2 rings (SSSR count). The lowest BCUT2D eigenvalue weighted by atomic mass is 10.2. The molecule has 0 aliphatic heterocycles. The minimum absolute atomic E-state index is 1.10. The SMILES string of the molecule is Cc1cc2[nH]cc(C)c2nc1C. The quantitative estimate of drug-likeness (QED) is 0.630. The Morgan fingerprint density at radius 2 is 1.92 bits per heavy atom. The topological polar surface area (TPSA) is 28.7 Å². The van der Waals surface area contributed by atoms with Crippen LogP contribution in [0.3, 0.4) is 0 Å². The van der Waals surface area contributed by atoms with E-state index in [1.165, 1.54) is 11.1 Å². The summed E-state index contributed by atoms with van der Waals surface area (Å²) in [6.07, 6.45) is 2.00. The molecule has 0 amide bonds. The van der Waals surface area contributed by atoms with E-state index in [1.54, 1.807) is 0 Å². The summed E-state index contributed by atoms with van der Waals surface area (Å²) in [7, 11) is 0. The molecule has 0 aliphatic carbocycles. The van der Waals surface area contributed by atoms with Crippen molar-refractivity contribution in [3.8, 4) is 0 Å². The summed E-state index contributed by atoms with van der Waals surface area (Å²) < 4.78 is 0. The van der Waals surface area contributed by atoms with Crippen LogP contribution in [0.4, 0.5) is 0 Å². The lowest BCUT2D eigenvalue weighted by molar-refractivity contribution is 1.19. The van der Waals surface area contributed by atoms with Crippen molar-refractivity contribution in [3.05, 3.63) is 29.1 Å². The molecule has 2 heterocycles. The minimum atomic E-state index is 1.10. The van der Waals surface area contributed by atoms with Gasteiger partial charge in [-0.05, 0) is 38.0 Å². The molecule has 2 heteroatoms. The smallest absolute Gasteiger partial charge is 0.0911 e. The van der Waals surface area contributed by atoms with Crippen molar-refractivity contribution < 1.29 is 0 Å². The summed E-state index contributed by atoms with van der Waals surface area (Å²) in [4.78, 5) is 7.70. The van der Waals surface area contributed by atoms with Crippen molar-refractivity contribution in [2.24, 2.45) is 0 Å². The van der Waals surface area contributed by atoms with Crippen molar-refractivity contribution in [1.29, 1.82) is 0 Å². The zero-order valence-electron chi connectivity index (χ0n) is 7.60. The van der Waals surface area contributed by atoms with Gasteiger partial charge in [-0.3, -0.25) is 4.98 Å². The van der Waals surface area contributed by atoms with Gasteiger partial charge in [-0.1, -0.05) is 0 Å². The normalized spacial score (nSPS) is 10.9. The van der Waals surface area contributed by atoms with Gasteiger partial charge in [0.2, 0.25) is 0 Å². The largest absolute Gasteiger partial charge is 0.360 e. The van der Waals surface area contributed by atoms with Gasteiger partial charge in [0, 0.05) is 11.9 Å². The van der Waals surface area contributed by atoms with E-state index in [2.05, 4.69) is 29.9 Å². The summed E-state index contributed by atoms with van der Waals surface area (Å²) in [5.41, 5.74) is 5.80.